The van der Waals surface area contributed by atoms with Crippen molar-refractivity contribution in [3.05, 3.63) is 46.8 Å². The van der Waals surface area contributed by atoms with Gasteiger partial charge in [-0.05, 0) is 25.7 Å². The van der Waals surface area contributed by atoms with Crippen LogP contribution in [0.15, 0.2) is 24.0 Å². The monoisotopic (exact) mass is 381 g/mol. The Morgan fingerprint density at radius 2 is 1.29 bits per heavy atom. The average Bonchev–Trinajstić information content (AvgIpc) is 3.44. The number of aromatic nitrogens is 4. The van der Waals surface area contributed by atoms with Crippen LogP contribution in [-0.2, 0) is 25.7 Å². The third-order valence-corrected chi connectivity index (χ3v) is 6.02. The van der Waals surface area contributed by atoms with Crippen LogP contribution in [0.25, 0.3) is 0 Å². The highest BCUT2D eigenvalue weighted by molar-refractivity contribution is 6.55. The van der Waals surface area contributed by atoms with E-state index in [1.807, 2.05) is 19.0 Å². The predicted octanol–water partition coefficient (Wildman–Crippen LogP) is 3.15. The molecular weight excluding hydrogens is 347 g/mol. The van der Waals surface area contributed by atoms with Crippen LogP contribution in [0.1, 0.15) is 77.2 Å². The van der Waals surface area contributed by atoms with Gasteiger partial charge in [0.1, 0.15) is 5.70 Å². The lowest BCUT2D eigenvalue weighted by molar-refractivity contribution is 0.687. The summed E-state index contributed by atoms with van der Waals surface area (Å²) in [5.41, 5.74) is 7.56. The summed E-state index contributed by atoms with van der Waals surface area (Å²) in [6, 6.07) is 0. The molecule has 6 nitrogen and oxygen atoms in total. The van der Waals surface area contributed by atoms with Crippen LogP contribution in [0.5, 0.6) is 0 Å². The highest BCUT2D eigenvalue weighted by Gasteiger charge is 2.33. The van der Waals surface area contributed by atoms with Gasteiger partial charge in [0.05, 0.1) is 24.0 Å². The molecule has 0 amide bonds. The van der Waals surface area contributed by atoms with Crippen LogP contribution in [0, 0.1) is 0 Å². The number of allylic oxidation sites excluding steroid dienone is 2. The van der Waals surface area contributed by atoms with E-state index in [1.165, 1.54) is 34.2 Å². The molecule has 2 aromatic heterocycles. The summed E-state index contributed by atoms with van der Waals surface area (Å²) in [5.74, 6) is 0. The second-order valence-corrected chi connectivity index (χ2v) is 7.37. The van der Waals surface area contributed by atoms with E-state index in [-0.39, 0.29) is 0 Å². The topological polar surface area (TPSA) is 53.0 Å². The zero-order valence-electron chi connectivity index (χ0n) is 18.4. The molecule has 1 aliphatic rings. The first-order valence-electron chi connectivity index (χ1n) is 11.0. The van der Waals surface area contributed by atoms with Crippen LogP contribution < -0.4 is 4.99 Å². The largest absolute Gasteiger partial charge is 0.453 e. The number of aryl methyl sites for hydroxylation is 2. The van der Waals surface area contributed by atoms with Crippen molar-refractivity contribution in [2.45, 2.75) is 80.1 Å². The SMILES string of the molecule is CCC1=C(CC)N([BH-](n2cnc(CC)c2CC)n2cnc(CC)c2CC)C=[N+]1. The van der Waals surface area contributed by atoms with Crippen molar-refractivity contribution in [3.63, 3.8) is 0 Å². The van der Waals surface area contributed by atoms with Gasteiger partial charge in [0.15, 0.2) is 5.70 Å². The number of imidazole rings is 2. The van der Waals surface area contributed by atoms with E-state index in [9.17, 15) is 0 Å². The van der Waals surface area contributed by atoms with E-state index in [2.05, 4.69) is 55.3 Å². The van der Waals surface area contributed by atoms with Crippen molar-refractivity contribution < 1.29 is 0 Å². The number of aliphatic imine (C=N–C) groups is 1. The van der Waals surface area contributed by atoms with E-state index in [0.717, 1.165) is 38.5 Å². The second kappa shape index (κ2) is 8.80. The normalized spacial score (nSPS) is 14.2. The van der Waals surface area contributed by atoms with Gasteiger partial charge in [-0.15, -0.1) is 0 Å². The van der Waals surface area contributed by atoms with Crippen LogP contribution in [0.3, 0.4) is 0 Å². The smallest absolute Gasteiger partial charge is 0.381 e. The Labute approximate surface area is 169 Å². The fraction of sp³-hybridized carbons (Fsp3) is 0.571. The maximum Gasteiger partial charge on any atom is 0.381 e. The molecule has 0 bridgehead atoms. The molecule has 0 N–H and O–H groups in total. The number of rotatable bonds is 9. The van der Waals surface area contributed by atoms with E-state index in [0.29, 0.717) is 0 Å². The highest BCUT2D eigenvalue weighted by atomic mass is 15.3. The Balaban J connectivity index is 2.22. The molecule has 1 aliphatic heterocycles. The van der Waals surface area contributed by atoms with Gasteiger partial charge in [-0.25, -0.2) is 9.97 Å². The van der Waals surface area contributed by atoms with Crippen molar-refractivity contribution >= 4 is 13.5 Å². The number of hydrogen-bond acceptors (Lipinski definition) is 4. The fourth-order valence-electron chi connectivity index (χ4n) is 4.68. The first-order chi connectivity index (χ1) is 13.6. The van der Waals surface area contributed by atoms with Gasteiger partial charge >= 0.3 is 7.12 Å². The van der Waals surface area contributed by atoms with E-state index >= 15 is 0 Å². The van der Waals surface area contributed by atoms with Gasteiger partial charge in [-0.3, -0.25) is 0 Å². The molecule has 28 heavy (non-hydrogen) atoms. The quantitative estimate of drug-likeness (QED) is 0.627. The maximum atomic E-state index is 4.76. The molecule has 3 heterocycles. The first-order valence-corrected chi connectivity index (χ1v) is 11.0. The predicted molar refractivity (Wildman–Crippen MR) is 118 cm³/mol. The van der Waals surface area contributed by atoms with Crippen molar-refractivity contribution in [2.24, 2.45) is 0 Å². The third-order valence-electron chi connectivity index (χ3n) is 6.02. The standard InChI is InChI=1S/C21H34BN6/c1-7-16-19(10-4)26(13-23-16)22(27-14-24-17(8-2)20(27)11-5)28-15-25-18(9-3)21(28)12-6/h13-15,22H,7-12H2,1-6H3. The van der Waals surface area contributed by atoms with Crippen molar-refractivity contribution in [3.8, 4) is 0 Å². The lowest BCUT2D eigenvalue weighted by atomic mass is 9.85. The Morgan fingerprint density at radius 1 is 0.750 bits per heavy atom. The molecular formula is C21H34BN6. The molecule has 0 saturated carbocycles. The molecule has 3 rings (SSSR count). The van der Waals surface area contributed by atoms with Gasteiger partial charge in [0, 0.05) is 24.2 Å². The maximum absolute atomic E-state index is 4.76. The molecule has 0 aliphatic carbocycles. The Bertz CT molecular complexity index is 825. The minimum atomic E-state index is -1.16. The molecule has 1 radical (unpaired) electrons. The van der Waals surface area contributed by atoms with Crippen molar-refractivity contribution in [1.82, 2.24) is 28.7 Å². The molecule has 0 unspecified atom stereocenters. The minimum Gasteiger partial charge on any atom is -0.453 e. The summed E-state index contributed by atoms with van der Waals surface area (Å²) in [5, 5.41) is 0. The summed E-state index contributed by atoms with van der Waals surface area (Å²) in [6.45, 7) is 13.2. The van der Waals surface area contributed by atoms with Crippen molar-refractivity contribution in [1.29, 1.82) is 0 Å². The van der Waals surface area contributed by atoms with Gasteiger partial charge < -0.3 is 13.8 Å². The van der Waals surface area contributed by atoms with E-state index in [4.69, 9.17) is 15.0 Å². The average molecular weight is 381 g/mol. The fourth-order valence-corrected chi connectivity index (χ4v) is 4.68. The molecule has 2 aromatic rings. The Kier molecular flexibility index (Phi) is 6.42. The van der Waals surface area contributed by atoms with Crippen molar-refractivity contribution in [2.75, 3.05) is 0 Å². The van der Waals surface area contributed by atoms with Gasteiger partial charge in [-0.1, -0.05) is 46.5 Å². The zero-order valence-corrected chi connectivity index (χ0v) is 18.4. The lowest BCUT2D eigenvalue weighted by Gasteiger charge is -2.35. The van der Waals surface area contributed by atoms with Gasteiger partial charge in [0.2, 0.25) is 6.34 Å². The van der Waals surface area contributed by atoms with E-state index < -0.39 is 7.12 Å². The summed E-state index contributed by atoms with van der Waals surface area (Å²) in [6.07, 6.45) is 11.9. The summed E-state index contributed by atoms with van der Waals surface area (Å²) >= 11 is 0. The molecule has 0 saturated heterocycles. The number of hydrogen-bond donors (Lipinski definition) is 0. The molecule has 7 heteroatoms. The van der Waals surface area contributed by atoms with Gasteiger partial charge in [0.25, 0.3) is 0 Å². The summed E-state index contributed by atoms with van der Waals surface area (Å²) < 4.78 is 4.80. The van der Waals surface area contributed by atoms with E-state index in [1.54, 1.807) is 0 Å². The second-order valence-electron chi connectivity index (χ2n) is 7.37. The van der Waals surface area contributed by atoms with Crippen LogP contribution >= 0.6 is 0 Å². The Hall–Kier alpha value is -2.31. The Morgan fingerprint density at radius 3 is 1.68 bits per heavy atom. The van der Waals surface area contributed by atoms with Crippen LogP contribution in [0.2, 0.25) is 0 Å². The number of nitrogens with zero attached hydrogens (tertiary/aromatic N) is 6. The minimum absolute atomic E-state index is 0.956. The van der Waals surface area contributed by atoms with Gasteiger partial charge in [-0.2, -0.15) is 0 Å². The van der Waals surface area contributed by atoms with Crippen LogP contribution in [0.4, 0.5) is 0 Å². The lowest BCUT2D eigenvalue weighted by Crippen LogP contribution is -2.50. The van der Waals surface area contributed by atoms with Crippen LogP contribution in [-0.4, -0.2) is 37.2 Å². The summed E-state index contributed by atoms with van der Waals surface area (Å²) in [7, 11) is -1.16. The molecule has 0 atom stereocenters. The molecule has 0 spiro atoms. The molecule has 0 fully saturated rings. The molecule has 0 aromatic carbocycles. The highest BCUT2D eigenvalue weighted by Crippen LogP contribution is 2.24. The zero-order chi connectivity index (χ0) is 20.3. The summed E-state index contributed by atoms with van der Waals surface area (Å²) in [4.78, 5) is 16.7. The first kappa shape index (κ1) is 20.4. The third kappa shape index (κ3) is 3.31. The molecule has 151 valence electrons.